The largest absolute Gasteiger partial charge is 0.508 e. The number of phenolic OH excluding ortho intramolecular Hbond substituents is 1. The van der Waals surface area contributed by atoms with E-state index in [1.165, 1.54) is 30.3 Å². The standard InChI is InChI=1S/C20H15F3N4O3/c1-9(10-3-2-4-12(28)7-10)24-15-16(18(30)17(15)29)25-11-5-6-13-14(8-11)27-19(26-13)20(21,22)23/h2-9,24-25,28H,1H3,(H,26,27)/t9-/m0/s1. The van der Waals surface area contributed by atoms with Crippen molar-refractivity contribution in [3.05, 3.63) is 74.3 Å². The van der Waals surface area contributed by atoms with E-state index >= 15 is 0 Å². The van der Waals surface area contributed by atoms with Crippen LogP contribution in [0.1, 0.15) is 24.4 Å². The van der Waals surface area contributed by atoms with E-state index in [4.69, 9.17) is 0 Å². The number of aromatic hydroxyl groups is 1. The van der Waals surface area contributed by atoms with Gasteiger partial charge in [-0.15, -0.1) is 0 Å². The van der Waals surface area contributed by atoms with Crippen LogP contribution in [0.25, 0.3) is 11.0 Å². The third-order valence-electron chi connectivity index (χ3n) is 4.66. The Kier molecular flexibility index (Phi) is 4.49. The van der Waals surface area contributed by atoms with E-state index in [1.54, 1.807) is 19.1 Å². The summed E-state index contributed by atoms with van der Waals surface area (Å²) in [6.45, 7) is 1.75. The maximum absolute atomic E-state index is 12.8. The van der Waals surface area contributed by atoms with Crippen LogP contribution in [0.5, 0.6) is 5.75 Å². The summed E-state index contributed by atoms with van der Waals surface area (Å²) in [7, 11) is 0. The normalized spacial score (nSPS) is 12.9. The van der Waals surface area contributed by atoms with Crippen molar-refractivity contribution >= 4 is 28.1 Å². The van der Waals surface area contributed by atoms with Crippen LogP contribution in [0.3, 0.4) is 0 Å². The van der Waals surface area contributed by atoms with Crippen LogP contribution >= 0.6 is 0 Å². The first-order valence-electron chi connectivity index (χ1n) is 8.86. The fourth-order valence-corrected chi connectivity index (χ4v) is 3.11. The van der Waals surface area contributed by atoms with E-state index in [-0.39, 0.29) is 34.2 Å². The molecule has 0 amide bonds. The highest BCUT2D eigenvalue weighted by Gasteiger charge is 2.34. The minimum absolute atomic E-state index is 0.0157. The van der Waals surface area contributed by atoms with Crippen LogP contribution in [-0.2, 0) is 6.18 Å². The van der Waals surface area contributed by atoms with Crippen LogP contribution in [0.15, 0.2) is 52.1 Å². The second-order valence-electron chi connectivity index (χ2n) is 6.81. The van der Waals surface area contributed by atoms with Crippen molar-refractivity contribution in [3.63, 3.8) is 0 Å². The average Bonchev–Trinajstić information content (AvgIpc) is 3.14. The number of fused-ring (bicyclic) bond motifs is 1. The Morgan fingerprint density at radius 2 is 1.80 bits per heavy atom. The number of aromatic nitrogens is 2. The zero-order valence-electron chi connectivity index (χ0n) is 15.5. The van der Waals surface area contributed by atoms with Gasteiger partial charge in [0.05, 0.1) is 11.0 Å². The molecule has 0 aliphatic heterocycles. The monoisotopic (exact) mass is 416 g/mol. The molecule has 0 unspecified atom stereocenters. The van der Waals surface area contributed by atoms with Gasteiger partial charge in [0.2, 0.25) is 5.82 Å². The molecule has 0 bridgehead atoms. The summed E-state index contributed by atoms with van der Waals surface area (Å²) in [4.78, 5) is 29.7. The second kappa shape index (κ2) is 6.90. The van der Waals surface area contributed by atoms with Crippen molar-refractivity contribution in [1.82, 2.24) is 9.97 Å². The lowest BCUT2D eigenvalue weighted by atomic mass is 10.1. The van der Waals surface area contributed by atoms with Crippen LogP contribution < -0.4 is 21.5 Å². The van der Waals surface area contributed by atoms with Gasteiger partial charge in [-0.05, 0) is 42.8 Å². The van der Waals surface area contributed by atoms with Gasteiger partial charge in [-0.1, -0.05) is 12.1 Å². The van der Waals surface area contributed by atoms with Gasteiger partial charge in [-0.3, -0.25) is 9.59 Å². The number of phenols is 1. The minimum atomic E-state index is -4.61. The Hall–Kier alpha value is -3.82. The zero-order chi connectivity index (χ0) is 21.6. The van der Waals surface area contributed by atoms with Crippen LogP contribution in [0, 0.1) is 0 Å². The number of aromatic amines is 1. The number of anilines is 3. The molecule has 4 rings (SSSR count). The van der Waals surface area contributed by atoms with Gasteiger partial charge in [0.1, 0.15) is 17.1 Å². The van der Waals surface area contributed by atoms with Crippen LogP contribution in [0.4, 0.5) is 30.2 Å². The molecule has 1 atom stereocenters. The molecule has 30 heavy (non-hydrogen) atoms. The molecular weight excluding hydrogens is 401 g/mol. The van der Waals surface area contributed by atoms with Crippen molar-refractivity contribution in [3.8, 4) is 5.75 Å². The molecule has 0 saturated carbocycles. The number of hydrogen-bond acceptors (Lipinski definition) is 6. The van der Waals surface area contributed by atoms with Crippen molar-refractivity contribution in [2.75, 3.05) is 10.6 Å². The second-order valence-corrected chi connectivity index (χ2v) is 6.81. The minimum Gasteiger partial charge on any atom is -0.508 e. The topological polar surface area (TPSA) is 107 Å². The maximum Gasteiger partial charge on any atom is 0.449 e. The lowest BCUT2D eigenvalue weighted by molar-refractivity contribution is -0.144. The number of nitrogens with one attached hydrogen (secondary N) is 3. The van der Waals surface area contributed by atoms with Gasteiger partial charge >= 0.3 is 6.18 Å². The van der Waals surface area contributed by atoms with Crippen molar-refractivity contribution in [2.24, 2.45) is 0 Å². The van der Waals surface area contributed by atoms with Crippen molar-refractivity contribution in [2.45, 2.75) is 19.1 Å². The molecule has 0 spiro atoms. The molecular formula is C20H15F3N4O3. The smallest absolute Gasteiger partial charge is 0.449 e. The van der Waals surface area contributed by atoms with E-state index in [2.05, 4.69) is 20.6 Å². The Morgan fingerprint density at radius 3 is 2.50 bits per heavy atom. The number of hydrogen-bond donors (Lipinski definition) is 4. The summed E-state index contributed by atoms with van der Waals surface area (Å²) in [5, 5.41) is 15.3. The Morgan fingerprint density at radius 1 is 1.07 bits per heavy atom. The predicted octanol–water partition coefficient (Wildman–Crippen LogP) is 3.80. The number of benzene rings is 2. The van der Waals surface area contributed by atoms with Crippen molar-refractivity contribution < 1.29 is 18.3 Å². The lowest BCUT2D eigenvalue weighted by Crippen LogP contribution is -2.37. The number of nitrogens with zero attached hydrogens (tertiary/aromatic N) is 1. The zero-order valence-corrected chi connectivity index (χ0v) is 15.5. The Labute approximate surface area is 166 Å². The summed E-state index contributed by atoms with van der Waals surface area (Å²) in [6, 6.07) is 10.3. The third-order valence-corrected chi connectivity index (χ3v) is 4.66. The first-order chi connectivity index (χ1) is 14.1. The summed E-state index contributed by atoms with van der Waals surface area (Å²) in [6.07, 6.45) is -4.61. The van der Waals surface area contributed by atoms with E-state index in [9.17, 15) is 27.9 Å². The summed E-state index contributed by atoms with van der Waals surface area (Å²) in [5.41, 5.74) is -0.0822. The summed E-state index contributed by atoms with van der Waals surface area (Å²) in [5.74, 6) is -1.05. The highest BCUT2D eigenvalue weighted by atomic mass is 19.4. The average molecular weight is 416 g/mol. The number of rotatable bonds is 5. The quantitative estimate of drug-likeness (QED) is 0.369. The van der Waals surface area contributed by atoms with Gasteiger partial charge in [0.25, 0.3) is 10.9 Å². The lowest BCUT2D eigenvalue weighted by Gasteiger charge is -2.20. The molecule has 0 aliphatic carbocycles. The van der Waals surface area contributed by atoms with E-state index in [0.717, 1.165) is 0 Å². The van der Waals surface area contributed by atoms with Crippen molar-refractivity contribution in [1.29, 1.82) is 0 Å². The molecule has 154 valence electrons. The number of imidazole rings is 1. The number of alkyl halides is 3. The van der Waals surface area contributed by atoms with Gasteiger partial charge in [0, 0.05) is 11.7 Å². The van der Waals surface area contributed by atoms with Gasteiger partial charge in [0.15, 0.2) is 0 Å². The summed E-state index contributed by atoms with van der Waals surface area (Å²) < 4.78 is 38.4. The van der Waals surface area contributed by atoms with Gasteiger partial charge < -0.3 is 20.7 Å². The molecule has 4 aromatic rings. The van der Waals surface area contributed by atoms with Crippen LogP contribution in [0.2, 0.25) is 0 Å². The molecule has 0 aliphatic rings. The van der Waals surface area contributed by atoms with Crippen LogP contribution in [-0.4, -0.2) is 15.1 Å². The molecule has 4 N–H and O–H groups in total. The fraction of sp³-hybridized carbons (Fsp3) is 0.150. The molecule has 7 nitrogen and oxygen atoms in total. The molecule has 1 heterocycles. The predicted molar refractivity (Wildman–Crippen MR) is 106 cm³/mol. The molecule has 0 radical (unpaired) electrons. The third kappa shape index (κ3) is 3.47. The highest BCUT2D eigenvalue weighted by Crippen LogP contribution is 2.31. The molecule has 1 aromatic heterocycles. The molecule has 0 saturated heterocycles. The van der Waals surface area contributed by atoms with E-state index in [0.29, 0.717) is 11.3 Å². The number of H-pyrrole nitrogens is 1. The molecule has 3 aromatic carbocycles. The maximum atomic E-state index is 12.8. The van der Waals surface area contributed by atoms with Gasteiger partial charge in [-0.25, -0.2) is 4.98 Å². The first-order valence-corrected chi connectivity index (χ1v) is 8.86. The Bertz CT molecular complexity index is 1320. The molecule has 10 heteroatoms. The fourth-order valence-electron chi connectivity index (χ4n) is 3.11. The summed E-state index contributed by atoms with van der Waals surface area (Å²) >= 11 is 0. The SMILES string of the molecule is C[C@H](Nc1c(Nc2ccc3nc(C(F)(F)F)[nH]c3c2)c(=O)c1=O)c1cccc(O)c1. The van der Waals surface area contributed by atoms with E-state index in [1.807, 2.05) is 0 Å². The van der Waals surface area contributed by atoms with Gasteiger partial charge in [-0.2, -0.15) is 13.2 Å². The number of halogens is 3. The first kappa shape index (κ1) is 19.5. The molecule has 0 fully saturated rings. The Balaban J connectivity index is 1.59. The van der Waals surface area contributed by atoms with E-state index < -0.39 is 22.9 Å². The highest BCUT2D eigenvalue weighted by molar-refractivity contribution is 5.84.